The topological polar surface area (TPSA) is 61.0 Å². The zero-order valence-corrected chi connectivity index (χ0v) is 9.57. The van der Waals surface area contributed by atoms with E-state index in [4.69, 9.17) is 10.5 Å². The molecular weight excluding hydrogens is 222 g/mol. The molecule has 16 heavy (non-hydrogen) atoms. The fraction of sp³-hybridized carbons (Fsp3) is 0.0909. The van der Waals surface area contributed by atoms with Crippen molar-refractivity contribution in [3.63, 3.8) is 0 Å². The van der Waals surface area contributed by atoms with E-state index in [2.05, 4.69) is 9.97 Å². The van der Waals surface area contributed by atoms with E-state index in [1.54, 1.807) is 13.3 Å². The molecule has 0 radical (unpaired) electrons. The van der Waals surface area contributed by atoms with Crippen LogP contribution in [0.15, 0.2) is 46.7 Å². The Morgan fingerprint density at radius 2 is 2.19 bits per heavy atom. The first-order valence-corrected chi connectivity index (χ1v) is 5.48. The van der Waals surface area contributed by atoms with E-state index in [1.165, 1.54) is 18.1 Å². The van der Waals surface area contributed by atoms with E-state index in [0.717, 1.165) is 15.7 Å². The smallest absolute Gasteiger partial charge is 0.120 e. The van der Waals surface area contributed by atoms with Crippen molar-refractivity contribution in [1.82, 2.24) is 9.97 Å². The molecule has 4 nitrogen and oxygen atoms in total. The van der Waals surface area contributed by atoms with Gasteiger partial charge in [-0.2, -0.15) is 0 Å². The molecule has 0 atom stereocenters. The zero-order valence-electron chi connectivity index (χ0n) is 8.75. The molecule has 0 saturated carbocycles. The number of aromatic nitrogens is 2. The molecule has 0 fully saturated rings. The van der Waals surface area contributed by atoms with Crippen LogP contribution in [-0.4, -0.2) is 17.1 Å². The first kappa shape index (κ1) is 10.8. The van der Waals surface area contributed by atoms with E-state index >= 15 is 0 Å². The van der Waals surface area contributed by atoms with Crippen LogP contribution in [0.1, 0.15) is 0 Å². The Kier molecular flexibility index (Phi) is 3.26. The fourth-order valence-corrected chi connectivity index (χ4v) is 2.00. The average molecular weight is 233 g/mol. The number of nitrogens with zero attached hydrogens (tertiary/aromatic N) is 2. The van der Waals surface area contributed by atoms with Gasteiger partial charge >= 0.3 is 0 Å². The summed E-state index contributed by atoms with van der Waals surface area (Å²) in [6.45, 7) is 0. The SMILES string of the molecule is COc1ccc(N)c(Sc2ccncn2)c1. The van der Waals surface area contributed by atoms with E-state index in [9.17, 15) is 0 Å². The molecule has 0 saturated heterocycles. The number of hydrogen-bond acceptors (Lipinski definition) is 5. The molecule has 0 unspecified atom stereocenters. The molecule has 1 aromatic heterocycles. The van der Waals surface area contributed by atoms with Gasteiger partial charge < -0.3 is 10.5 Å². The Balaban J connectivity index is 2.27. The molecule has 1 aromatic carbocycles. The maximum absolute atomic E-state index is 5.87. The lowest BCUT2D eigenvalue weighted by Crippen LogP contribution is -1.91. The molecule has 1 heterocycles. The summed E-state index contributed by atoms with van der Waals surface area (Å²) in [5.74, 6) is 0.783. The summed E-state index contributed by atoms with van der Waals surface area (Å²) in [5, 5.41) is 0.856. The Labute approximate surface area is 97.9 Å². The molecule has 82 valence electrons. The van der Waals surface area contributed by atoms with Crippen molar-refractivity contribution in [2.24, 2.45) is 0 Å². The molecule has 0 aliphatic heterocycles. The highest BCUT2D eigenvalue weighted by molar-refractivity contribution is 7.99. The minimum Gasteiger partial charge on any atom is -0.497 e. The second-order valence-corrected chi connectivity index (χ2v) is 4.12. The van der Waals surface area contributed by atoms with Gasteiger partial charge in [-0.15, -0.1) is 0 Å². The highest BCUT2D eigenvalue weighted by Crippen LogP contribution is 2.33. The monoisotopic (exact) mass is 233 g/mol. The first-order valence-electron chi connectivity index (χ1n) is 4.67. The summed E-state index contributed by atoms with van der Waals surface area (Å²) in [6, 6.07) is 7.38. The van der Waals surface area contributed by atoms with Crippen molar-refractivity contribution < 1.29 is 4.74 Å². The average Bonchev–Trinajstić information content (AvgIpc) is 2.33. The molecule has 0 aliphatic carbocycles. The maximum atomic E-state index is 5.87. The van der Waals surface area contributed by atoms with Crippen LogP contribution in [0, 0.1) is 0 Å². The molecule has 2 rings (SSSR count). The third kappa shape index (κ3) is 2.43. The van der Waals surface area contributed by atoms with Gasteiger partial charge in [-0.1, -0.05) is 11.8 Å². The molecule has 0 spiro atoms. The van der Waals surface area contributed by atoms with Gasteiger partial charge in [0, 0.05) is 16.8 Å². The molecule has 0 aliphatic rings. The first-order chi connectivity index (χ1) is 7.79. The number of nitrogens with two attached hydrogens (primary N) is 1. The van der Waals surface area contributed by atoms with Gasteiger partial charge in [0.05, 0.1) is 7.11 Å². The molecule has 5 heteroatoms. The second-order valence-electron chi connectivity index (χ2n) is 3.05. The van der Waals surface area contributed by atoms with Crippen molar-refractivity contribution in [3.8, 4) is 5.75 Å². The van der Waals surface area contributed by atoms with Crippen LogP contribution in [-0.2, 0) is 0 Å². The highest BCUT2D eigenvalue weighted by Gasteiger charge is 2.04. The lowest BCUT2D eigenvalue weighted by molar-refractivity contribution is 0.414. The van der Waals surface area contributed by atoms with Crippen LogP contribution in [0.3, 0.4) is 0 Å². The lowest BCUT2D eigenvalue weighted by atomic mass is 10.3. The third-order valence-electron chi connectivity index (χ3n) is 1.99. The predicted molar refractivity (Wildman–Crippen MR) is 63.6 cm³/mol. The summed E-state index contributed by atoms with van der Waals surface area (Å²) in [5.41, 5.74) is 6.58. The molecule has 0 bridgehead atoms. The van der Waals surface area contributed by atoms with Crippen LogP contribution >= 0.6 is 11.8 Å². The molecule has 2 N–H and O–H groups in total. The number of rotatable bonds is 3. The largest absolute Gasteiger partial charge is 0.497 e. The van der Waals surface area contributed by atoms with Gasteiger partial charge in [-0.25, -0.2) is 9.97 Å². The van der Waals surface area contributed by atoms with Gasteiger partial charge in [0.2, 0.25) is 0 Å². The molecule has 2 aromatic rings. The van der Waals surface area contributed by atoms with E-state index < -0.39 is 0 Å². The van der Waals surface area contributed by atoms with Crippen LogP contribution in [0.2, 0.25) is 0 Å². The Hall–Kier alpha value is -1.75. The summed E-state index contributed by atoms with van der Waals surface area (Å²) < 4.78 is 5.15. The number of methoxy groups -OCH3 is 1. The minimum absolute atomic E-state index is 0.712. The Bertz CT molecular complexity index is 476. The van der Waals surface area contributed by atoms with Gasteiger partial charge in [-0.05, 0) is 24.3 Å². The van der Waals surface area contributed by atoms with Crippen molar-refractivity contribution >= 4 is 17.4 Å². The Morgan fingerprint density at radius 3 is 2.88 bits per heavy atom. The summed E-state index contributed by atoms with van der Waals surface area (Å²) in [7, 11) is 1.63. The minimum atomic E-state index is 0.712. The number of anilines is 1. The van der Waals surface area contributed by atoms with Crippen molar-refractivity contribution in [2.45, 2.75) is 9.92 Å². The molecular formula is C11H11N3OS. The van der Waals surface area contributed by atoms with Crippen molar-refractivity contribution in [2.75, 3.05) is 12.8 Å². The normalized spacial score (nSPS) is 10.1. The van der Waals surface area contributed by atoms with Crippen LogP contribution in [0.5, 0.6) is 5.75 Å². The highest BCUT2D eigenvalue weighted by atomic mass is 32.2. The summed E-state index contributed by atoms with van der Waals surface area (Å²) >= 11 is 1.49. The molecule has 0 amide bonds. The van der Waals surface area contributed by atoms with Crippen molar-refractivity contribution in [3.05, 3.63) is 36.8 Å². The van der Waals surface area contributed by atoms with Gasteiger partial charge in [0.1, 0.15) is 17.1 Å². The van der Waals surface area contributed by atoms with Crippen LogP contribution in [0.25, 0.3) is 0 Å². The van der Waals surface area contributed by atoms with Crippen LogP contribution in [0.4, 0.5) is 5.69 Å². The third-order valence-corrected chi connectivity index (χ3v) is 3.01. The number of hydrogen-bond donors (Lipinski definition) is 1. The number of benzene rings is 1. The maximum Gasteiger partial charge on any atom is 0.120 e. The number of nitrogen functional groups attached to an aromatic ring is 1. The Morgan fingerprint density at radius 1 is 1.31 bits per heavy atom. The summed E-state index contributed by atoms with van der Waals surface area (Å²) in [6.07, 6.45) is 3.21. The predicted octanol–water partition coefficient (Wildman–Crippen LogP) is 2.22. The van der Waals surface area contributed by atoms with E-state index in [0.29, 0.717) is 5.69 Å². The van der Waals surface area contributed by atoms with Gasteiger partial charge in [-0.3, -0.25) is 0 Å². The fourth-order valence-electron chi connectivity index (χ4n) is 1.18. The van der Waals surface area contributed by atoms with Gasteiger partial charge in [0.25, 0.3) is 0 Å². The van der Waals surface area contributed by atoms with Gasteiger partial charge in [0.15, 0.2) is 0 Å². The van der Waals surface area contributed by atoms with Crippen molar-refractivity contribution in [1.29, 1.82) is 0 Å². The van der Waals surface area contributed by atoms with E-state index in [-0.39, 0.29) is 0 Å². The number of ether oxygens (including phenoxy) is 1. The quantitative estimate of drug-likeness (QED) is 0.650. The van der Waals surface area contributed by atoms with Crippen LogP contribution < -0.4 is 10.5 Å². The zero-order chi connectivity index (χ0) is 11.4. The summed E-state index contributed by atoms with van der Waals surface area (Å²) in [4.78, 5) is 8.92. The second kappa shape index (κ2) is 4.85. The lowest BCUT2D eigenvalue weighted by Gasteiger charge is -2.06. The van der Waals surface area contributed by atoms with E-state index in [1.807, 2.05) is 24.3 Å². The standard InChI is InChI=1S/C11H11N3OS/c1-15-8-2-3-9(12)10(6-8)16-11-4-5-13-7-14-11/h2-7H,12H2,1H3.